The Morgan fingerprint density at radius 3 is 2.33 bits per heavy atom. The van der Waals surface area contributed by atoms with Crippen LogP contribution in [0, 0.1) is 23.7 Å². The van der Waals surface area contributed by atoms with Crippen molar-refractivity contribution in [3.63, 3.8) is 0 Å². The number of alkyl carbamates (subject to hydrolysis) is 1. The maximum Gasteiger partial charge on any atom is 0.407 e. The minimum atomic E-state index is -0.493. The van der Waals surface area contributed by atoms with Crippen molar-refractivity contribution in [2.75, 3.05) is 33.7 Å². The summed E-state index contributed by atoms with van der Waals surface area (Å²) in [6.45, 7) is 7.62. The summed E-state index contributed by atoms with van der Waals surface area (Å²) in [5.74, 6) is 3.40. The smallest absolute Gasteiger partial charge is 0.407 e. The molecule has 3 saturated carbocycles. The maximum atomic E-state index is 12.3. The third-order valence-corrected chi connectivity index (χ3v) is 7.77. The first-order valence-electron chi connectivity index (χ1n) is 12.3. The van der Waals surface area contributed by atoms with Gasteiger partial charge in [0, 0.05) is 45.2 Å². The van der Waals surface area contributed by atoms with Gasteiger partial charge in [-0.05, 0) is 70.6 Å². The van der Waals surface area contributed by atoms with Gasteiger partial charge in [0.25, 0.3) is 0 Å². The number of rotatable bonds is 4. The van der Waals surface area contributed by atoms with Crippen LogP contribution in [0.3, 0.4) is 0 Å². The van der Waals surface area contributed by atoms with Crippen LogP contribution in [0.2, 0.25) is 0 Å². The highest BCUT2D eigenvalue weighted by Crippen LogP contribution is 2.45. The second kappa shape index (κ2) is 10.6. The Labute approximate surface area is 215 Å². The molecule has 2 N–H and O–H groups in total. The Morgan fingerprint density at radius 2 is 1.73 bits per heavy atom. The van der Waals surface area contributed by atoms with Crippen molar-refractivity contribution in [3.05, 3.63) is 0 Å². The van der Waals surface area contributed by atoms with Crippen molar-refractivity contribution >= 4 is 41.9 Å². The van der Waals surface area contributed by atoms with E-state index in [1.165, 1.54) is 25.7 Å². The van der Waals surface area contributed by atoms with E-state index in [-0.39, 0.29) is 48.6 Å². The van der Waals surface area contributed by atoms with E-state index in [4.69, 9.17) is 9.73 Å². The van der Waals surface area contributed by atoms with Gasteiger partial charge in [0.1, 0.15) is 12.1 Å². The monoisotopic (exact) mass is 575 g/mol. The highest BCUT2D eigenvalue weighted by molar-refractivity contribution is 14.0. The van der Waals surface area contributed by atoms with E-state index in [2.05, 4.69) is 15.5 Å². The van der Waals surface area contributed by atoms with Gasteiger partial charge in [-0.25, -0.2) is 9.79 Å². The molecule has 33 heavy (non-hydrogen) atoms. The SMILES string of the molecule is CN(C)C(=O)CN=C(NC1CC2CCC1C2)N1CC2CCC(NC(=O)OC(C)(C)C)C2C1.I. The normalized spacial score (nSPS) is 32.9. The van der Waals surface area contributed by atoms with Crippen LogP contribution in [0.15, 0.2) is 4.99 Å². The molecule has 2 bridgehead atoms. The molecule has 0 aromatic rings. The number of likely N-dealkylation sites (tertiary alicyclic amines) is 1. The highest BCUT2D eigenvalue weighted by atomic mass is 127. The lowest BCUT2D eigenvalue weighted by atomic mass is 9.95. The molecule has 188 valence electrons. The number of nitrogens with zero attached hydrogens (tertiary/aromatic N) is 3. The van der Waals surface area contributed by atoms with Crippen molar-refractivity contribution in [3.8, 4) is 0 Å². The number of carbonyl (C=O) groups excluding carboxylic acids is 2. The minimum Gasteiger partial charge on any atom is -0.444 e. The molecule has 1 heterocycles. The second-order valence-electron chi connectivity index (χ2n) is 11.5. The van der Waals surface area contributed by atoms with Crippen molar-refractivity contribution in [2.45, 2.75) is 77.0 Å². The first-order valence-corrected chi connectivity index (χ1v) is 12.3. The third-order valence-electron chi connectivity index (χ3n) is 7.77. The fourth-order valence-electron chi connectivity index (χ4n) is 6.18. The summed E-state index contributed by atoms with van der Waals surface area (Å²) in [5.41, 5.74) is -0.493. The first-order chi connectivity index (χ1) is 15.1. The van der Waals surface area contributed by atoms with E-state index in [0.717, 1.165) is 43.7 Å². The number of fused-ring (bicyclic) bond motifs is 3. The fraction of sp³-hybridized carbons (Fsp3) is 0.875. The van der Waals surface area contributed by atoms with Crippen LogP contribution >= 0.6 is 24.0 Å². The lowest BCUT2D eigenvalue weighted by Gasteiger charge is -2.30. The second-order valence-corrected chi connectivity index (χ2v) is 11.5. The van der Waals surface area contributed by atoms with E-state index in [0.29, 0.717) is 17.9 Å². The van der Waals surface area contributed by atoms with Crippen LogP contribution < -0.4 is 10.6 Å². The Hall–Kier alpha value is -1.26. The van der Waals surface area contributed by atoms with Gasteiger partial charge < -0.3 is 25.2 Å². The van der Waals surface area contributed by atoms with Crippen molar-refractivity contribution < 1.29 is 14.3 Å². The number of halogens is 1. The summed E-state index contributed by atoms with van der Waals surface area (Å²) < 4.78 is 5.48. The van der Waals surface area contributed by atoms with Crippen LogP contribution in [0.25, 0.3) is 0 Å². The van der Waals surface area contributed by atoms with E-state index < -0.39 is 5.60 Å². The molecule has 0 spiro atoms. The van der Waals surface area contributed by atoms with Crippen LogP contribution in [0.4, 0.5) is 4.79 Å². The maximum absolute atomic E-state index is 12.3. The zero-order valence-corrected chi connectivity index (χ0v) is 23.1. The predicted octanol–water partition coefficient (Wildman–Crippen LogP) is 3.06. The molecule has 2 amide bonds. The fourth-order valence-corrected chi connectivity index (χ4v) is 6.18. The standard InChI is InChI=1S/C24H41N5O3.HI/c1-24(2,3)32-23(31)27-19-9-8-17-13-29(14-18(17)19)22(25-12-21(30)28(4)5)26-20-11-15-6-7-16(20)10-15;/h15-20H,6-14H2,1-5H3,(H,25,26)(H,27,31);1H. The van der Waals surface area contributed by atoms with Gasteiger partial charge in [0.15, 0.2) is 5.96 Å². The Kier molecular flexibility index (Phi) is 8.43. The molecule has 3 aliphatic carbocycles. The lowest BCUT2D eigenvalue weighted by Crippen LogP contribution is -2.48. The van der Waals surface area contributed by atoms with Crippen LogP contribution in [-0.4, -0.2) is 79.2 Å². The molecule has 8 nitrogen and oxygen atoms in total. The molecule has 1 saturated heterocycles. The topological polar surface area (TPSA) is 86.3 Å². The van der Waals surface area contributed by atoms with Gasteiger partial charge in [-0.2, -0.15) is 0 Å². The zero-order valence-electron chi connectivity index (χ0n) is 20.8. The van der Waals surface area contributed by atoms with Crippen molar-refractivity contribution in [2.24, 2.45) is 28.7 Å². The number of ether oxygens (including phenoxy) is 1. The number of hydrogen-bond donors (Lipinski definition) is 2. The number of amides is 2. The summed E-state index contributed by atoms with van der Waals surface area (Å²) >= 11 is 0. The summed E-state index contributed by atoms with van der Waals surface area (Å²) in [6, 6.07) is 0.602. The minimum absolute atomic E-state index is 0. The molecule has 0 aromatic carbocycles. The van der Waals surface area contributed by atoms with E-state index in [1.807, 2.05) is 20.8 Å². The van der Waals surface area contributed by atoms with Crippen molar-refractivity contribution in [1.29, 1.82) is 0 Å². The van der Waals surface area contributed by atoms with E-state index in [1.54, 1.807) is 19.0 Å². The molecule has 0 aromatic heterocycles. The van der Waals surface area contributed by atoms with Crippen LogP contribution in [0.1, 0.15) is 59.3 Å². The highest BCUT2D eigenvalue weighted by Gasteiger charge is 2.46. The molecule has 0 radical (unpaired) electrons. The van der Waals surface area contributed by atoms with Gasteiger partial charge in [-0.3, -0.25) is 4.79 Å². The Balaban J connectivity index is 0.00000306. The number of hydrogen-bond acceptors (Lipinski definition) is 4. The van der Waals surface area contributed by atoms with E-state index in [9.17, 15) is 9.59 Å². The zero-order chi connectivity index (χ0) is 23.0. The predicted molar refractivity (Wildman–Crippen MR) is 140 cm³/mol. The Morgan fingerprint density at radius 1 is 1.00 bits per heavy atom. The number of aliphatic imine (C=N–C) groups is 1. The van der Waals surface area contributed by atoms with Crippen LogP contribution in [0.5, 0.6) is 0 Å². The van der Waals surface area contributed by atoms with Gasteiger partial charge in [0.05, 0.1) is 0 Å². The molecule has 4 fully saturated rings. The third kappa shape index (κ3) is 6.45. The van der Waals surface area contributed by atoms with E-state index >= 15 is 0 Å². The van der Waals surface area contributed by atoms with Gasteiger partial charge in [-0.1, -0.05) is 6.42 Å². The van der Waals surface area contributed by atoms with Gasteiger partial charge in [0.2, 0.25) is 5.91 Å². The average molecular weight is 576 g/mol. The molecule has 1 aliphatic heterocycles. The molecule has 4 rings (SSSR count). The van der Waals surface area contributed by atoms with Gasteiger partial charge >= 0.3 is 6.09 Å². The molecule has 9 heteroatoms. The molecule has 6 atom stereocenters. The molecule has 6 unspecified atom stereocenters. The molecular weight excluding hydrogens is 533 g/mol. The number of nitrogens with one attached hydrogen (secondary N) is 2. The van der Waals surface area contributed by atoms with Gasteiger partial charge in [-0.15, -0.1) is 24.0 Å². The Bertz CT molecular complexity index is 753. The summed E-state index contributed by atoms with van der Waals surface area (Å²) in [6.07, 6.45) is 6.98. The molecule has 4 aliphatic rings. The largest absolute Gasteiger partial charge is 0.444 e. The number of likely N-dealkylation sites (N-methyl/N-ethyl adjacent to an activating group) is 1. The van der Waals surface area contributed by atoms with Crippen molar-refractivity contribution in [1.82, 2.24) is 20.4 Å². The number of carbonyl (C=O) groups is 2. The quantitative estimate of drug-likeness (QED) is 0.306. The summed E-state index contributed by atoms with van der Waals surface area (Å²) in [7, 11) is 3.54. The first kappa shape index (κ1) is 26.3. The average Bonchev–Trinajstić information content (AvgIpc) is 3.45. The summed E-state index contributed by atoms with van der Waals surface area (Å²) in [4.78, 5) is 33.2. The molecular formula is C24H42IN5O3. The summed E-state index contributed by atoms with van der Waals surface area (Å²) in [5, 5.41) is 6.87. The van der Waals surface area contributed by atoms with Crippen LogP contribution in [-0.2, 0) is 9.53 Å². The number of guanidine groups is 1. The lowest BCUT2D eigenvalue weighted by molar-refractivity contribution is -0.127.